The molecule has 2 atom stereocenters. The van der Waals surface area contributed by atoms with Gasteiger partial charge in [-0.05, 0) is 74.4 Å². The smallest absolute Gasteiger partial charge is 0.170 e. The normalized spacial score (nSPS) is 19.1. The molecule has 0 spiro atoms. The Balaban J connectivity index is 1.71. The minimum atomic E-state index is -0.00670. The summed E-state index contributed by atoms with van der Waals surface area (Å²) in [6.45, 7) is 7.34. The molecule has 2 aromatic heterocycles. The number of ether oxygens (including phenoxy) is 1. The Morgan fingerprint density at radius 1 is 1.10 bits per heavy atom. The van der Waals surface area contributed by atoms with Gasteiger partial charge in [0.05, 0.1) is 24.9 Å². The van der Waals surface area contributed by atoms with Crippen LogP contribution in [-0.2, 0) is 12.1 Å². The maximum absolute atomic E-state index is 5.78. The standard InChI is InChI=1S/C24H28N4OS/c1-24(2,3)27-14-12-18(16-27)22-21(20-7-5-6-13-25-20)26-23(30)28(22)15-17-8-10-19(29-4)11-9-17/h5-14,16,21-22H,15H2,1-4H3,(H,26,30)/t21-,22+/m0/s1. The molecule has 0 aliphatic carbocycles. The van der Waals surface area contributed by atoms with Gasteiger partial charge in [0.2, 0.25) is 0 Å². The molecule has 5 nitrogen and oxygen atoms in total. The van der Waals surface area contributed by atoms with Crippen molar-refractivity contribution in [3.05, 3.63) is 83.9 Å². The van der Waals surface area contributed by atoms with Crippen molar-refractivity contribution >= 4 is 17.3 Å². The van der Waals surface area contributed by atoms with Gasteiger partial charge in [-0.1, -0.05) is 18.2 Å². The first-order valence-electron chi connectivity index (χ1n) is 10.2. The van der Waals surface area contributed by atoms with Gasteiger partial charge < -0.3 is 19.5 Å². The topological polar surface area (TPSA) is 42.3 Å². The van der Waals surface area contributed by atoms with E-state index in [1.54, 1.807) is 7.11 Å². The third kappa shape index (κ3) is 4.05. The Labute approximate surface area is 183 Å². The minimum Gasteiger partial charge on any atom is -0.497 e. The molecule has 3 aromatic rings. The van der Waals surface area contributed by atoms with E-state index < -0.39 is 0 Å². The van der Waals surface area contributed by atoms with Crippen molar-refractivity contribution in [3.63, 3.8) is 0 Å². The van der Waals surface area contributed by atoms with Gasteiger partial charge in [0.15, 0.2) is 5.11 Å². The molecular formula is C24H28N4OS. The first-order chi connectivity index (χ1) is 14.4. The van der Waals surface area contributed by atoms with Crippen LogP contribution in [0.2, 0.25) is 0 Å². The quantitative estimate of drug-likeness (QED) is 0.600. The molecule has 1 aliphatic rings. The summed E-state index contributed by atoms with van der Waals surface area (Å²) in [5.41, 5.74) is 3.42. The number of hydrogen-bond acceptors (Lipinski definition) is 3. The number of hydrogen-bond donors (Lipinski definition) is 1. The Bertz CT molecular complexity index is 1010. The van der Waals surface area contributed by atoms with Crippen LogP contribution in [0.1, 0.15) is 49.7 Å². The largest absolute Gasteiger partial charge is 0.497 e. The van der Waals surface area contributed by atoms with Crippen LogP contribution >= 0.6 is 12.2 Å². The van der Waals surface area contributed by atoms with Crippen molar-refractivity contribution in [2.24, 2.45) is 0 Å². The summed E-state index contributed by atoms with van der Waals surface area (Å²) in [5, 5.41) is 4.27. The molecule has 30 heavy (non-hydrogen) atoms. The number of aromatic nitrogens is 2. The van der Waals surface area contributed by atoms with Gasteiger partial charge in [-0.15, -0.1) is 0 Å². The third-order valence-corrected chi connectivity index (χ3v) is 5.89. The van der Waals surface area contributed by atoms with E-state index in [1.165, 1.54) is 11.1 Å². The zero-order valence-electron chi connectivity index (χ0n) is 17.9. The highest BCUT2D eigenvalue weighted by molar-refractivity contribution is 7.80. The Morgan fingerprint density at radius 2 is 1.87 bits per heavy atom. The average molecular weight is 421 g/mol. The molecule has 0 bridgehead atoms. The van der Waals surface area contributed by atoms with Crippen LogP contribution in [-0.4, -0.2) is 26.7 Å². The highest BCUT2D eigenvalue weighted by Crippen LogP contribution is 2.40. The Kier molecular flexibility index (Phi) is 5.52. The van der Waals surface area contributed by atoms with E-state index in [4.69, 9.17) is 17.0 Å². The molecule has 3 heterocycles. The Morgan fingerprint density at radius 3 is 2.47 bits per heavy atom. The summed E-state index contributed by atoms with van der Waals surface area (Å²) in [7, 11) is 1.68. The molecule has 1 fully saturated rings. The van der Waals surface area contributed by atoms with Crippen LogP contribution in [0.15, 0.2) is 67.1 Å². The molecule has 4 rings (SSSR count). The number of nitrogens with one attached hydrogen (secondary N) is 1. The molecule has 0 radical (unpaired) electrons. The molecule has 1 aliphatic heterocycles. The number of rotatable bonds is 5. The van der Waals surface area contributed by atoms with E-state index >= 15 is 0 Å². The van der Waals surface area contributed by atoms with Crippen LogP contribution < -0.4 is 10.1 Å². The average Bonchev–Trinajstić information content (AvgIpc) is 3.34. The molecule has 1 aromatic carbocycles. The van der Waals surface area contributed by atoms with E-state index in [2.05, 4.69) is 77.2 Å². The summed E-state index contributed by atoms with van der Waals surface area (Å²) in [6, 6.07) is 16.4. The van der Waals surface area contributed by atoms with Gasteiger partial charge in [-0.25, -0.2) is 0 Å². The summed E-state index contributed by atoms with van der Waals surface area (Å²) in [5.74, 6) is 0.853. The fourth-order valence-electron chi connectivity index (χ4n) is 3.87. The maximum atomic E-state index is 5.78. The lowest BCUT2D eigenvalue weighted by Crippen LogP contribution is -2.29. The first-order valence-corrected chi connectivity index (χ1v) is 10.6. The highest BCUT2D eigenvalue weighted by atomic mass is 32.1. The lowest BCUT2D eigenvalue weighted by molar-refractivity contribution is 0.309. The second-order valence-corrected chi connectivity index (χ2v) is 9.01. The van der Waals surface area contributed by atoms with E-state index in [-0.39, 0.29) is 17.6 Å². The highest BCUT2D eigenvalue weighted by Gasteiger charge is 2.40. The molecular weight excluding hydrogens is 392 g/mol. The maximum Gasteiger partial charge on any atom is 0.170 e. The van der Waals surface area contributed by atoms with Crippen molar-refractivity contribution in [2.45, 2.75) is 44.9 Å². The van der Waals surface area contributed by atoms with Crippen molar-refractivity contribution in [3.8, 4) is 5.75 Å². The van der Waals surface area contributed by atoms with Crippen LogP contribution in [0.3, 0.4) is 0 Å². The van der Waals surface area contributed by atoms with Crippen LogP contribution in [0.25, 0.3) is 0 Å². The third-order valence-electron chi connectivity index (χ3n) is 5.54. The number of pyridine rings is 1. The fraction of sp³-hybridized carbons (Fsp3) is 0.333. The summed E-state index contributed by atoms with van der Waals surface area (Å²) in [6.07, 6.45) is 6.22. The molecule has 0 saturated carbocycles. The fourth-order valence-corrected chi connectivity index (χ4v) is 4.18. The van der Waals surface area contributed by atoms with Gasteiger partial charge >= 0.3 is 0 Å². The first kappa shape index (κ1) is 20.4. The molecule has 156 valence electrons. The summed E-state index contributed by atoms with van der Waals surface area (Å²) < 4.78 is 7.55. The van der Waals surface area contributed by atoms with E-state index in [0.29, 0.717) is 6.54 Å². The predicted molar refractivity (Wildman–Crippen MR) is 123 cm³/mol. The SMILES string of the molecule is COc1ccc(CN2C(=S)N[C@@H](c3ccccn3)[C@H]2c2ccn(C(C)(C)C)c2)cc1. The lowest BCUT2D eigenvalue weighted by atomic mass is 9.98. The molecule has 0 unspecified atom stereocenters. The van der Waals surface area contributed by atoms with E-state index in [0.717, 1.165) is 16.6 Å². The zero-order chi connectivity index (χ0) is 21.3. The number of nitrogens with zero attached hydrogens (tertiary/aromatic N) is 3. The van der Waals surface area contributed by atoms with E-state index in [9.17, 15) is 0 Å². The summed E-state index contributed by atoms with van der Waals surface area (Å²) in [4.78, 5) is 6.88. The second-order valence-electron chi connectivity index (χ2n) is 8.63. The molecule has 0 amide bonds. The summed E-state index contributed by atoms with van der Waals surface area (Å²) >= 11 is 5.78. The van der Waals surface area contributed by atoms with Gasteiger partial charge in [0.25, 0.3) is 0 Å². The van der Waals surface area contributed by atoms with Crippen molar-refractivity contribution in [1.82, 2.24) is 19.8 Å². The van der Waals surface area contributed by atoms with Crippen LogP contribution in [0.4, 0.5) is 0 Å². The Hall–Kier alpha value is -2.86. The number of thiocarbonyl (C=S) groups is 1. The number of methoxy groups -OCH3 is 1. The van der Waals surface area contributed by atoms with E-state index in [1.807, 2.05) is 30.5 Å². The van der Waals surface area contributed by atoms with Crippen molar-refractivity contribution in [1.29, 1.82) is 0 Å². The lowest BCUT2D eigenvalue weighted by Gasteiger charge is -2.28. The monoisotopic (exact) mass is 420 g/mol. The molecule has 1 N–H and O–H groups in total. The van der Waals surface area contributed by atoms with Crippen molar-refractivity contribution in [2.75, 3.05) is 7.11 Å². The predicted octanol–water partition coefficient (Wildman–Crippen LogP) is 4.82. The van der Waals surface area contributed by atoms with Crippen LogP contribution in [0, 0.1) is 0 Å². The second kappa shape index (κ2) is 8.11. The van der Waals surface area contributed by atoms with Gasteiger partial charge in [0.1, 0.15) is 5.75 Å². The number of benzene rings is 1. The molecule has 1 saturated heterocycles. The zero-order valence-corrected chi connectivity index (χ0v) is 18.7. The van der Waals surface area contributed by atoms with Gasteiger partial charge in [-0.2, -0.15) is 0 Å². The van der Waals surface area contributed by atoms with Gasteiger partial charge in [-0.3, -0.25) is 4.98 Å². The minimum absolute atomic E-state index is 0.00670. The van der Waals surface area contributed by atoms with Crippen LogP contribution in [0.5, 0.6) is 5.75 Å². The van der Waals surface area contributed by atoms with Gasteiger partial charge in [0, 0.05) is 30.7 Å². The van der Waals surface area contributed by atoms with Crippen molar-refractivity contribution < 1.29 is 4.74 Å². The molecule has 6 heteroatoms.